The van der Waals surface area contributed by atoms with Gasteiger partial charge in [-0.2, -0.15) is 0 Å². The maximum absolute atomic E-state index is 13.2. The van der Waals surface area contributed by atoms with E-state index in [4.69, 9.17) is 4.74 Å². The minimum Gasteiger partial charge on any atom is -0.444 e. The van der Waals surface area contributed by atoms with Crippen molar-refractivity contribution in [3.63, 3.8) is 0 Å². The Balaban J connectivity index is 1.94. The Kier molecular flexibility index (Phi) is 8.42. The third-order valence-electron chi connectivity index (χ3n) is 4.85. The number of ether oxygens (including phenoxy) is 1. The van der Waals surface area contributed by atoms with E-state index in [1.54, 1.807) is 51.7 Å². The second-order valence-electron chi connectivity index (χ2n) is 9.43. The molecule has 7 nitrogen and oxygen atoms in total. The molecule has 0 unspecified atom stereocenters. The standard InChI is InChI=1S/C23H34FN3O4/c1-15(2)20(26-22(30)31-23(3,4)5)21(29)25-12-19(28)27(13-16-6-7-16)14-17-8-10-18(24)11-9-17/h8-11,15-16,20H,6-7,12-14H2,1-5H3,(H,25,29)(H,26,30)/t20-/m0/s1. The molecule has 1 saturated carbocycles. The molecule has 0 aliphatic heterocycles. The topological polar surface area (TPSA) is 87.7 Å². The molecule has 172 valence electrons. The summed E-state index contributed by atoms with van der Waals surface area (Å²) in [7, 11) is 0. The van der Waals surface area contributed by atoms with Crippen molar-refractivity contribution in [3.8, 4) is 0 Å². The van der Waals surface area contributed by atoms with Crippen molar-refractivity contribution < 1.29 is 23.5 Å². The van der Waals surface area contributed by atoms with Gasteiger partial charge in [-0.05, 0) is 63.1 Å². The average molecular weight is 436 g/mol. The summed E-state index contributed by atoms with van der Waals surface area (Å²) in [6, 6.07) is 5.22. The molecule has 3 amide bonds. The van der Waals surface area contributed by atoms with Gasteiger partial charge in [0.15, 0.2) is 0 Å². The van der Waals surface area contributed by atoms with Crippen LogP contribution in [0.1, 0.15) is 53.0 Å². The Morgan fingerprint density at radius 1 is 1.16 bits per heavy atom. The SMILES string of the molecule is CC(C)[C@H](NC(=O)OC(C)(C)C)C(=O)NCC(=O)N(Cc1ccc(F)cc1)CC1CC1. The van der Waals surface area contributed by atoms with Gasteiger partial charge < -0.3 is 20.3 Å². The molecular weight excluding hydrogens is 401 g/mol. The molecule has 2 N–H and O–H groups in total. The Labute approximate surface area is 183 Å². The van der Waals surface area contributed by atoms with Crippen molar-refractivity contribution in [1.29, 1.82) is 0 Å². The van der Waals surface area contributed by atoms with Gasteiger partial charge in [-0.3, -0.25) is 9.59 Å². The predicted molar refractivity (Wildman–Crippen MR) is 116 cm³/mol. The van der Waals surface area contributed by atoms with Crippen molar-refractivity contribution in [3.05, 3.63) is 35.6 Å². The maximum atomic E-state index is 13.2. The van der Waals surface area contributed by atoms with Crippen molar-refractivity contribution >= 4 is 17.9 Å². The lowest BCUT2D eigenvalue weighted by atomic mass is 10.0. The lowest BCUT2D eigenvalue weighted by Crippen LogP contribution is -2.52. The van der Waals surface area contributed by atoms with Crippen LogP contribution in [0.5, 0.6) is 0 Å². The fourth-order valence-corrected chi connectivity index (χ4v) is 3.03. The van der Waals surface area contributed by atoms with E-state index >= 15 is 0 Å². The average Bonchev–Trinajstić information content (AvgIpc) is 3.47. The number of carbonyl (C=O) groups is 3. The number of rotatable bonds is 9. The fourth-order valence-electron chi connectivity index (χ4n) is 3.03. The van der Waals surface area contributed by atoms with Gasteiger partial charge in [-0.25, -0.2) is 9.18 Å². The van der Waals surface area contributed by atoms with Crippen molar-refractivity contribution in [2.24, 2.45) is 11.8 Å². The zero-order valence-electron chi connectivity index (χ0n) is 19.0. The third-order valence-corrected chi connectivity index (χ3v) is 4.85. The molecule has 1 aromatic carbocycles. The van der Waals surface area contributed by atoms with Crippen LogP contribution >= 0.6 is 0 Å². The summed E-state index contributed by atoms with van der Waals surface area (Å²) in [5, 5.41) is 5.22. The van der Waals surface area contributed by atoms with Gasteiger partial charge in [0.05, 0.1) is 6.54 Å². The van der Waals surface area contributed by atoms with Gasteiger partial charge in [0.25, 0.3) is 0 Å². The highest BCUT2D eigenvalue weighted by atomic mass is 19.1. The van der Waals surface area contributed by atoms with E-state index < -0.39 is 23.6 Å². The van der Waals surface area contributed by atoms with Crippen molar-refractivity contribution in [2.75, 3.05) is 13.1 Å². The van der Waals surface area contributed by atoms with Gasteiger partial charge in [-0.15, -0.1) is 0 Å². The van der Waals surface area contributed by atoms with Crippen molar-refractivity contribution in [2.45, 2.75) is 65.6 Å². The second kappa shape index (κ2) is 10.6. The van der Waals surface area contributed by atoms with Crippen molar-refractivity contribution in [1.82, 2.24) is 15.5 Å². The van der Waals surface area contributed by atoms with E-state index in [0.717, 1.165) is 18.4 Å². The summed E-state index contributed by atoms with van der Waals surface area (Å²) in [6.45, 7) is 9.62. The Morgan fingerprint density at radius 3 is 2.29 bits per heavy atom. The van der Waals surface area contributed by atoms with E-state index in [-0.39, 0.29) is 24.2 Å². The van der Waals surface area contributed by atoms with Crippen LogP contribution < -0.4 is 10.6 Å². The minimum atomic E-state index is -0.823. The molecule has 0 heterocycles. The van der Waals surface area contributed by atoms with E-state index in [0.29, 0.717) is 19.0 Å². The number of carbonyl (C=O) groups excluding carboxylic acids is 3. The summed E-state index contributed by atoms with van der Waals surface area (Å²) in [5.41, 5.74) is 0.148. The van der Waals surface area contributed by atoms with Crippen LogP contribution in [0.15, 0.2) is 24.3 Å². The maximum Gasteiger partial charge on any atom is 0.408 e. The molecule has 1 aliphatic rings. The number of hydrogen-bond acceptors (Lipinski definition) is 4. The quantitative estimate of drug-likeness (QED) is 0.623. The van der Waals surface area contributed by atoms with Gasteiger partial charge in [0.2, 0.25) is 11.8 Å². The van der Waals surface area contributed by atoms with E-state index in [1.165, 1.54) is 12.1 Å². The summed E-state index contributed by atoms with van der Waals surface area (Å²) in [6.07, 6.45) is 1.48. The first-order valence-electron chi connectivity index (χ1n) is 10.7. The summed E-state index contributed by atoms with van der Waals surface area (Å²) < 4.78 is 18.4. The van der Waals surface area contributed by atoms with Gasteiger partial charge in [0, 0.05) is 13.1 Å². The number of halogens is 1. The highest BCUT2D eigenvalue weighted by Crippen LogP contribution is 2.30. The van der Waals surface area contributed by atoms with Crippen LogP contribution in [-0.2, 0) is 20.9 Å². The molecule has 0 aromatic heterocycles. The van der Waals surface area contributed by atoms with Gasteiger partial charge in [0.1, 0.15) is 17.5 Å². The molecule has 2 rings (SSSR count). The third kappa shape index (κ3) is 8.94. The predicted octanol–water partition coefficient (Wildman–Crippen LogP) is 3.23. The number of amides is 3. The normalized spacial score (nSPS) is 14.7. The largest absolute Gasteiger partial charge is 0.444 e. The monoisotopic (exact) mass is 435 g/mol. The number of benzene rings is 1. The minimum absolute atomic E-state index is 0.175. The van der Waals surface area contributed by atoms with Gasteiger partial charge >= 0.3 is 6.09 Å². The molecule has 1 aromatic rings. The van der Waals surface area contributed by atoms with Crippen LogP contribution in [0.4, 0.5) is 9.18 Å². The first-order valence-corrected chi connectivity index (χ1v) is 10.7. The molecule has 1 atom stereocenters. The lowest BCUT2D eigenvalue weighted by Gasteiger charge is -2.26. The molecule has 0 radical (unpaired) electrons. The molecule has 0 saturated heterocycles. The van der Waals surface area contributed by atoms with Crippen LogP contribution in [-0.4, -0.2) is 47.5 Å². The van der Waals surface area contributed by atoms with Crippen LogP contribution in [0.3, 0.4) is 0 Å². The van der Waals surface area contributed by atoms with E-state index in [9.17, 15) is 18.8 Å². The summed E-state index contributed by atoms with van der Waals surface area (Å²) in [5.74, 6) is -0.707. The first-order chi connectivity index (χ1) is 14.4. The number of alkyl carbamates (subject to hydrolysis) is 1. The van der Waals surface area contributed by atoms with E-state index in [1.807, 2.05) is 0 Å². The molecular formula is C23H34FN3O4. The Bertz CT molecular complexity index is 770. The second-order valence-corrected chi connectivity index (χ2v) is 9.43. The van der Waals surface area contributed by atoms with Crippen LogP contribution in [0.25, 0.3) is 0 Å². The lowest BCUT2D eigenvalue weighted by molar-refractivity contribution is -0.134. The van der Waals surface area contributed by atoms with E-state index in [2.05, 4.69) is 10.6 Å². The number of hydrogen-bond donors (Lipinski definition) is 2. The summed E-state index contributed by atoms with van der Waals surface area (Å²) >= 11 is 0. The zero-order chi connectivity index (χ0) is 23.2. The first kappa shape index (κ1) is 24.6. The van der Waals surface area contributed by atoms with Crippen LogP contribution in [0.2, 0.25) is 0 Å². The Hall–Kier alpha value is -2.64. The molecule has 0 bridgehead atoms. The highest BCUT2D eigenvalue weighted by molar-refractivity contribution is 5.89. The zero-order valence-corrected chi connectivity index (χ0v) is 19.0. The molecule has 31 heavy (non-hydrogen) atoms. The molecule has 1 fully saturated rings. The van der Waals surface area contributed by atoms with Crippen LogP contribution in [0, 0.1) is 17.7 Å². The fraction of sp³-hybridized carbons (Fsp3) is 0.609. The van der Waals surface area contributed by atoms with Gasteiger partial charge in [-0.1, -0.05) is 26.0 Å². The Morgan fingerprint density at radius 2 is 1.77 bits per heavy atom. The smallest absolute Gasteiger partial charge is 0.408 e. The molecule has 8 heteroatoms. The number of nitrogens with one attached hydrogen (secondary N) is 2. The summed E-state index contributed by atoms with van der Waals surface area (Å²) in [4.78, 5) is 39.2. The molecule has 0 spiro atoms. The molecule has 1 aliphatic carbocycles. The number of nitrogens with zero attached hydrogens (tertiary/aromatic N) is 1. The highest BCUT2D eigenvalue weighted by Gasteiger charge is 2.29.